The van der Waals surface area contributed by atoms with Gasteiger partial charge in [-0.05, 0) is 54.7 Å². The summed E-state index contributed by atoms with van der Waals surface area (Å²) in [6.45, 7) is 7.77. The fourth-order valence-electron chi connectivity index (χ4n) is 4.54. The normalized spacial score (nSPS) is 12.0. The molecule has 0 aromatic heterocycles. The van der Waals surface area contributed by atoms with Crippen molar-refractivity contribution >= 4 is 27.5 Å². The van der Waals surface area contributed by atoms with Gasteiger partial charge < -0.3 is 19.7 Å². The van der Waals surface area contributed by atoms with Gasteiger partial charge in [0.15, 0.2) is 0 Å². The zero-order valence-electron chi connectivity index (χ0n) is 25.2. The van der Waals surface area contributed by atoms with Crippen LogP contribution in [0.1, 0.15) is 38.3 Å². The summed E-state index contributed by atoms with van der Waals surface area (Å²) in [6.07, 6.45) is 0.343. The number of carbonyl (C=O) groups is 2. The predicted octanol–water partition coefficient (Wildman–Crippen LogP) is 4.79. The van der Waals surface area contributed by atoms with E-state index in [9.17, 15) is 18.0 Å². The number of amides is 2. The molecule has 9 nitrogen and oxygen atoms in total. The fourth-order valence-corrected chi connectivity index (χ4v) is 5.98. The van der Waals surface area contributed by atoms with Crippen molar-refractivity contribution in [1.82, 2.24) is 10.2 Å². The number of benzene rings is 3. The first-order valence-corrected chi connectivity index (χ1v) is 15.4. The predicted molar refractivity (Wildman–Crippen MR) is 164 cm³/mol. The lowest BCUT2D eigenvalue weighted by Crippen LogP contribution is -2.52. The summed E-state index contributed by atoms with van der Waals surface area (Å²) in [5, 5.41) is 2.94. The number of rotatable bonds is 14. The van der Waals surface area contributed by atoms with Crippen LogP contribution in [-0.2, 0) is 26.2 Å². The minimum atomic E-state index is -4.25. The molecule has 0 saturated heterocycles. The summed E-state index contributed by atoms with van der Waals surface area (Å²) in [7, 11) is -1.35. The van der Waals surface area contributed by atoms with Crippen LogP contribution in [0.4, 0.5) is 5.69 Å². The van der Waals surface area contributed by atoms with E-state index in [4.69, 9.17) is 9.47 Å². The van der Waals surface area contributed by atoms with Crippen LogP contribution in [0, 0.1) is 12.8 Å². The van der Waals surface area contributed by atoms with Crippen LogP contribution < -0.4 is 19.1 Å². The van der Waals surface area contributed by atoms with Crippen LogP contribution in [0.2, 0.25) is 0 Å². The van der Waals surface area contributed by atoms with Crippen LogP contribution in [-0.4, -0.2) is 58.5 Å². The second kappa shape index (κ2) is 14.7. The van der Waals surface area contributed by atoms with E-state index in [0.717, 1.165) is 15.4 Å². The van der Waals surface area contributed by atoms with Crippen molar-refractivity contribution in [2.45, 2.75) is 51.6 Å². The zero-order chi connectivity index (χ0) is 30.9. The molecule has 3 aromatic carbocycles. The maximum atomic E-state index is 14.3. The Bertz CT molecular complexity index is 1460. The Kier molecular flexibility index (Phi) is 11.4. The highest BCUT2D eigenvalue weighted by atomic mass is 32.2. The molecule has 0 fully saturated rings. The molecule has 10 heteroatoms. The highest BCUT2D eigenvalue weighted by Crippen LogP contribution is 2.36. The third-order valence-corrected chi connectivity index (χ3v) is 8.71. The molecule has 0 bridgehead atoms. The van der Waals surface area contributed by atoms with Gasteiger partial charge in [0.1, 0.15) is 24.1 Å². The molecule has 226 valence electrons. The molecule has 42 heavy (non-hydrogen) atoms. The topological polar surface area (TPSA) is 105 Å². The lowest BCUT2D eigenvalue weighted by molar-refractivity contribution is -0.140. The van der Waals surface area contributed by atoms with Crippen molar-refractivity contribution in [3.8, 4) is 11.5 Å². The molecule has 3 rings (SSSR count). The average Bonchev–Trinajstić information content (AvgIpc) is 2.99. The monoisotopic (exact) mass is 595 g/mol. The Morgan fingerprint density at radius 1 is 0.929 bits per heavy atom. The van der Waals surface area contributed by atoms with E-state index in [0.29, 0.717) is 18.7 Å². The van der Waals surface area contributed by atoms with Crippen LogP contribution in [0.3, 0.4) is 0 Å². The van der Waals surface area contributed by atoms with Gasteiger partial charge in [0.2, 0.25) is 11.8 Å². The zero-order valence-corrected chi connectivity index (χ0v) is 26.0. The second-order valence-corrected chi connectivity index (χ2v) is 12.2. The Balaban J connectivity index is 2.13. The van der Waals surface area contributed by atoms with E-state index >= 15 is 0 Å². The summed E-state index contributed by atoms with van der Waals surface area (Å²) in [4.78, 5) is 29.1. The first kappa shape index (κ1) is 32.5. The van der Waals surface area contributed by atoms with E-state index in [1.807, 2.05) is 52.0 Å². The van der Waals surface area contributed by atoms with E-state index in [1.54, 1.807) is 30.3 Å². The number of anilines is 1. The number of sulfonamides is 1. The minimum Gasteiger partial charge on any atom is -0.497 e. The molecular weight excluding hydrogens is 554 g/mol. The molecule has 0 unspecified atom stereocenters. The van der Waals surface area contributed by atoms with Crippen LogP contribution in [0.15, 0.2) is 77.7 Å². The van der Waals surface area contributed by atoms with E-state index in [1.165, 1.54) is 37.3 Å². The van der Waals surface area contributed by atoms with Gasteiger partial charge in [0.25, 0.3) is 10.0 Å². The molecule has 0 aliphatic rings. The SMILES string of the molecule is CC[C@H](C(=O)NCC(C)C)N(Cc1ccccc1C)C(=O)CN(c1cc(OC)ccc1OC)S(=O)(=O)c1ccccc1. The standard InChI is InChI=1S/C32H41N3O6S/c1-7-28(32(37)33-20-23(2)3)34(21-25-14-12-11-13-24(25)4)31(36)22-35(42(38,39)27-15-9-8-10-16-27)29-19-26(40-5)17-18-30(29)41-6/h8-19,23,28H,7,20-22H2,1-6H3,(H,33,37)/t28-/m1/s1. The molecule has 3 aromatic rings. The molecule has 0 aliphatic carbocycles. The van der Waals surface area contributed by atoms with Crippen molar-refractivity contribution in [3.63, 3.8) is 0 Å². The van der Waals surface area contributed by atoms with Crippen molar-refractivity contribution in [3.05, 3.63) is 83.9 Å². The first-order valence-electron chi connectivity index (χ1n) is 13.9. The lowest BCUT2D eigenvalue weighted by atomic mass is 10.1. The van der Waals surface area contributed by atoms with Crippen LogP contribution >= 0.6 is 0 Å². The van der Waals surface area contributed by atoms with Crippen molar-refractivity contribution < 1.29 is 27.5 Å². The Labute approximate surface area is 249 Å². The molecule has 0 saturated carbocycles. The summed E-state index contributed by atoms with van der Waals surface area (Å²) < 4.78 is 40.1. The van der Waals surface area contributed by atoms with E-state index < -0.39 is 28.5 Å². The van der Waals surface area contributed by atoms with Crippen molar-refractivity contribution in [1.29, 1.82) is 0 Å². The smallest absolute Gasteiger partial charge is 0.264 e. The molecule has 0 radical (unpaired) electrons. The minimum absolute atomic E-state index is 0.00912. The molecule has 1 atom stereocenters. The number of aryl methyl sites for hydroxylation is 1. The number of hydrogen-bond donors (Lipinski definition) is 1. The first-order chi connectivity index (χ1) is 20.0. The van der Waals surface area contributed by atoms with Gasteiger partial charge in [-0.3, -0.25) is 13.9 Å². The summed E-state index contributed by atoms with van der Waals surface area (Å²) in [5.74, 6) is 0.0378. The molecule has 2 amide bonds. The largest absolute Gasteiger partial charge is 0.497 e. The van der Waals surface area contributed by atoms with Gasteiger partial charge in [0, 0.05) is 19.2 Å². The van der Waals surface area contributed by atoms with Gasteiger partial charge in [-0.15, -0.1) is 0 Å². The third kappa shape index (κ3) is 7.82. The summed E-state index contributed by atoms with van der Waals surface area (Å²) in [6, 6.07) is 19.4. The number of nitrogens with zero attached hydrogens (tertiary/aromatic N) is 2. The highest BCUT2D eigenvalue weighted by molar-refractivity contribution is 7.92. The molecule has 0 spiro atoms. The Hall–Kier alpha value is -4.05. The van der Waals surface area contributed by atoms with Crippen molar-refractivity contribution in [2.24, 2.45) is 5.92 Å². The Morgan fingerprint density at radius 3 is 2.19 bits per heavy atom. The number of nitrogens with one attached hydrogen (secondary N) is 1. The molecular formula is C32H41N3O6S. The highest BCUT2D eigenvalue weighted by Gasteiger charge is 2.35. The van der Waals surface area contributed by atoms with Gasteiger partial charge in [0.05, 0.1) is 24.8 Å². The van der Waals surface area contributed by atoms with E-state index in [-0.39, 0.29) is 34.7 Å². The number of ether oxygens (including phenoxy) is 2. The summed E-state index contributed by atoms with van der Waals surface area (Å²) in [5.41, 5.74) is 1.95. The number of carbonyl (C=O) groups excluding carboxylic acids is 2. The quantitative estimate of drug-likeness (QED) is 0.288. The maximum absolute atomic E-state index is 14.3. The van der Waals surface area contributed by atoms with E-state index in [2.05, 4.69) is 5.32 Å². The fraction of sp³-hybridized carbons (Fsp3) is 0.375. The Morgan fingerprint density at radius 2 is 1.60 bits per heavy atom. The third-order valence-electron chi connectivity index (χ3n) is 6.94. The molecule has 1 N–H and O–H groups in total. The lowest BCUT2D eigenvalue weighted by Gasteiger charge is -2.34. The maximum Gasteiger partial charge on any atom is 0.264 e. The van der Waals surface area contributed by atoms with Gasteiger partial charge in [-0.25, -0.2) is 8.42 Å². The van der Waals surface area contributed by atoms with Gasteiger partial charge in [-0.1, -0.05) is 63.2 Å². The second-order valence-electron chi connectivity index (χ2n) is 10.4. The average molecular weight is 596 g/mol. The van der Waals surface area contributed by atoms with Crippen LogP contribution in [0.5, 0.6) is 11.5 Å². The molecule has 0 heterocycles. The number of hydrogen-bond acceptors (Lipinski definition) is 6. The number of methoxy groups -OCH3 is 2. The van der Waals surface area contributed by atoms with Crippen LogP contribution in [0.25, 0.3) is 0 Å². The van der Waals surface area contributed by atoms with Gasteiger partial charge in [-0.2, -0.15) is 0 Å². The van der Waals surface area contributed by atoms with Gasteiger partial charge >= 0.3 is 0 Å². The molecule has 0 aliphatic heterocycles. The summed E-state index contributed by atoms with van der Waals surface area (Å²) >= 11 is 0. The van der Waals surface area contributed by atoms with Crippen molar-refractivity contribution in [2.75, 3.05) is 31.6 Å².